The van der Waals surface area contributed by atoms with Crippen LogP contribution in [0.2, 0.25) is 0 Å². The average molecular weight is 716 g/mol. The molecule has 0 bridgehead atoms. The third-order valence-electron chi connectivity index (χ3n) is 3.81. The first-order chi connectivity index (χ1) is 18.1. The van der Waals surface area contributed by atoms with Crippen molar-refractivity contribution in [2.75, 3.05) is 6.67 Å². The maximum absolute atomic E-state index is 13.3. The number of rotatable bonds is 15. The zero-order chi connectivity index (χ0) is 35.5. The summed E-state index contributed by atoms with van der Waals surface area (Å²) < 4.78 is 339. The Labute approximate surface area is 214 Å². The molecule has 0 amide bonds. The molecule has 0 rings (SSSR count). The van der Waals surface area contributed by atoms with Crippen LogP contribution in [0.4, 0.5) is 114 Å². The number of ether oxygens (including phenoxy) is 4. The van der Waals surface area contributed by atoms with E-state index in [9.17, 15) is 114 Å². The molecule has 0 saturated heterocycles. The van der Waals surface area contributed by atoms with Crippen molar-refractivity contribution in [3.05, 3.63) is 0 Å². The van der Waals surface area contributed by atoms with Crippen molar-refractivity contribution in [1.82, 2.24) is 0 Å². The van der Waals surface area contributed by atoms with Crippen LogP contribution in [0.25, 0.3) is 0 Å². The van der Waals surface area contributed by atoms with Crippen molar-refractivity contribution in [2.45, 2.75) is 72.8 Å². The molecule has 0 saturated carbocycles. The number of halogens is 26. The highest BCUT2D eigenvalue weighted by Gasteiger charge is 2.89. The molecule has 0 atom stereocenters. The Morgan fingerprint density at radius 3 is 0.744 bits per heavy atom. The van der Waals surface area contributed by atoms with Gasteiger partial charge in [-0.2, -0.15) is 96.6 Å². The molecular weight excluding hydrogens is 714 g/mol. The highest BCUT2D eigenvalue weighted by Crippen LogP contribution is 2.59. The van der Waals surface area contributed by atoms with Crippen LogP contribution in [0.3, 0.4) is 0 Å². The molecule has 0 spiro atoms. The van der Waals surface area contributed by atoms with Gasteiger partial charge in [-0.1, -0.05) is 0 Å². The van der Waals surface area contributed by atoms with E-state index in [1.54, 1.807) is 0 Å². The minimum absolute atomic E-state index is 0.975. The van der Waals surface area contributed by atoms with Gasteiger partial charge in [0.2, 0.25) is 0 Å². The van der Waals surface area contributed by atoms with Crippen LogP contribution < -0.4 is 0 Å². The molecule has 0 aromatic heterocycles. The van der Waals surface area contributed by atoms with Gasteiger partial charge in [-0.25, -0.2) is 23.3 Å². The zero-order valence-corrected chi connectivity index (χ0v) is 18.2. The molecule has 0 N–H and O–H groups in total. The van der Waals surface area contributed by atoms with Crippen LogP contribution in [0.5, 0.6) is 0 Å². The van der Waals surface area contributed by atoms with Gasteiger partial charge in [-0.15, -0.1) is 13.2 Å². The number of hydrogen-bond donors (Lipinski definition) is 0. The lowest BCUT2D eigenvalue weighted by Crippen LogP contribution is -2.69. The fourth-order valence-corrected chi connectivity index (χ4v) is 1.74. The maximum Gasteiger partial charge on any atom is 0.527 e. The first kappa shape index (κ1) is 41.0. The van der Waals surface area contributed by atoms with Gasteiger partial charge in [0.25, 0.3) is 0 Å². The first-order valence-electron chi connectivity index (χ1n) is 8.73. The number of alkyl halides is 26. The van der Waals surface area contributed by atoms with Crippen LogP contribution >= 0.6 is 0 Å². The van der Waals surface area contributed by atoms with Crippen LogP contribution in [-0.2, 0) is 18.9 Å². The summed E-state index contributed by atoms with van der Waals surface area (Å²) in [7, 11) is 0. The Balaban J connectivity index is 6.41. The fourth-order valence-electron chi connectivity index (χ4n) is 1.74. The molecule has 43 heavy (non-hydrogen) atoms. The van der Waals surface area contributed by atoms with Gasteiger partial charge in [0.15, 0.2) is 6.67 Å². The molecule has 0 aliphatic rings. The Bertz CT molecular complexity index is 967. The van der Waals surface area contributed by atoms with Crippen molar-refractivity contribution in [3.8, 4) is 0 Å². The normalized spacial score (nSPS) is 16.6. The Morgan fingerprint density at radius 2 is 0.512 bits per heavy atom. The van der Waals surface area contributed by atoms with Gasteiger partial charge in [0.05, 0.1) is 0 Å². The lowest BCUT2D eigenvalue weighted by atomic mass is 9.98. The SMILES string of the molecule is FCC(F)(F)C(F)(F)C(F)(F)C(F)(F)C(F)(F)OC(F)(F)C(F)(F)OC(F)(F)C(F)(F)OC(F)(F)C(F)(F)OC(F)(F)F. The molecule has 0 fully saturated rings. The molecule has 0 aromatic carbocycles. The van der Waals surface area contributed by atoms with E-state index in [2.05, 4.69) is 0 Å². The van der Waals surface area contributed by atoms with Crippen LogP contribution in [0.1, 0.15) is 0 Å². The average Bonchev–Trinajstić information content (AvgIpc) is 2.68. The summed E-state index contributed by atoms with van der Waals surface area (Å²) in [6.45, 7) is -4.10. The summed E-state index contributed by atoms with van der Waals surface area (Å²) in [4.78, 5) is 0. The van der Waals surface area contributed by atoms with E-state index < -0.39 is 79.5 Å². The van der Waals surface area contributed by atoms with Crippen LogP contribution in [0.15, 0.2) is 0 Å². The first-order valence-corrected chi connectivity index (χ1v) is 8.73. The monoisotopic (exact) mass is 716 g/mol. The molecule has 0 radical (unpaired) electrons. The summed E-state index contributed by atoms with van der Waals surface area (Å²) in [6, 6.07) is 0. The summed E-state index contributed by atoms with van der Waals surface area (Å²) in [5.74, 6) is -32.4. The second-order valence-electron chi connectivity index (χ2n) is 7.03. The molecule has 260 valence electrons. The third-order valence-corrected chi connectivity index (χ3v) is 3.81. The van der Waals surface area contributed by atoms with E-state index in [-0.39, 0.29) is 0 Å². The predicted molar refractivity (Wildman–Crippen MR) is 70.8 cm³/mol. The van der Waals surface area contributed by atoms with Crippen LogP contribution in [-0.4, -0.2) is 79.5 Å². The highest BCUT2D eigenvalue weighted by atomic mass is 19.4. The maximum atomic E-state index is 13.3. The largest absolute Gasteiger partial charge is 0.527 e. The van der Waals surface area contributed by atoms with Gasteiger partial charge in [-0.05, 0) is 0 Å². The molecule has 0 aliphatic heterocycles. The lowest BCUT2D eigenvalue weighted by Gasteiger charge is -2.40. The summed E-state index contributed by atoms with van der Waals surface area (Å²) in [6.07, 6.45) is -63.5. The molecule has 0 aliphatic carbocycles. The van der Waals surface area contributed by atoms with Crippen molar-refractivity contribution in [1.29, 1.82) is 0 Å². The highest BCUT2D eigenvalue weighted by molar-refractivity contribution is 5.06. The minimum Gasteiger partial charge on any atom is -0.244 e. The lowest BCUT2D eigenvalue weighted by molar-refractivity contribution is -0.585. The summed E-state index contributed by atoms with van der Waals surface area (Å²) >= 11 is 0. The Morgan fingerprint density at radius 1 is 0.279 bits per heavy atom. The smallest absolute Gasteiger partial charge is 0.244 e. The van der Waals surface area contributed by atoms with E-state index in [0.717, 1.165) is 14.2 Å². The minimum atomic E-state index is -8.66. The van der Waals surface area contributed by atoms with Gasteiger partial charge < -0.3 is 0 Å². The predicted octanol–water partition coefficient (Wildman–Crippen LogP) is 8.23. The van der Waals surface area contributed by atoms with Crippen molar-refractivity contribution >= 4 is 0 Å². The molecule has 4 nitrogen and oxygen atoms in total. The fraction of sp³-hybridized carbons (Fsp3) is 1.00. The molecule has 0 aromatic rings. The molecule has 30 heteroatoms. The standard InChI is InChI=1S/C13H2F26O4/c14-1-2(15,16)3(17,18)4(19,20)5(21,22)6(23,24)40-7(25,26)8(27,28)41-9(29,30)10(31,32)42-11(33,34)12(35,36)43-13(37,38)39/h1H2. The Kier molecular flexibility index (Phi) is 10.3. The van der Waals surface area contributed by atoms with Crippen molar-refractivity contribution in [2.24, 2.45) is 0 Å². The van der Waals surface area contributed by atoms with Gasteiger partial charge >= 0.3 is 72.8 Å². The van der Waals surface area contributed by atoms with Crippen LogP contribution in [0, 0.1) is 0 Å². The summed E-state index contributed by atoms with van der Waals surface area (Å²) in [5, 5.41) is 0. The van der Waals surface area contributed by atoms with E-state index in [0.29, 0.717) is 0 Å². The van der Waals surface area contributed by atoms with Gasteiger partial charge in [-0.3, -0.25) is 0 Å². The van der Waals surface area contributed by atoms with E-state index in [4.69, 9.17) is 0 Å². The van der Waals surface area contributed by atoms with Gasteiger partial charge in [0.1, 0.15) is 0 Å². The van der Waals surface area contributed by atoms with Gasteiger partial charge in [0, 0.05) is 0 Å². The van der Waals surface area contributed by atoms with Crippen molar-refractivity contribution in [3.63, 3.8) is 0 Å². The van der Waals surface area contributed by atoms with E-state index in [1.807, 2.05) is 0 Å². The topological polar surface area (TPSA) is 36.9 Å². The summed E-state index contributed by atoms with van der Waals surface area (Å²) in [5.41, 5.74) is 0. The Hall–Kier alpha value is -1.98. The molecular formula is C13H2F26O4. The zero-order valence-electron chi connectivity index (χ0n) is 18.2. The van der Waals surface area contributed by atoms with E-state index >= 15 is 0 Å². The number of hydrogen-bond acceptors (Lipinski definition) is 4. The second kappa shape index (κ2) is 10.8. The van der Waals surface area contributed by atoms with E-state index in [1.165, 1.54) is 4.74 Å². The second-order valence-corrected chi connectivity index (χ2v) is 7.03. The molecule has 0 unspecified atom stereocenters. The molecule has 0 heterocycles. The third kappa shape index (κ3) is 7.47. The quantitative estimate of drug-likeness (QED) is 0.160. The van der Waals surface area contributed by atoms with Crippen molar-refractivity contribution < 1.29 is 133 Å².